The molecule has 0 radical (unpaired) electrons. The highest BCUT2D eigenvalue weighted by Gasteiger charge is 2.36. The van der Waals surface area contributed by atoms with Crippen LogP contribution in [0.25, 0.3) is 0 Å². The number of ether oxygens (including phenoxy) is 1. The van der Waals surface area contributed by atoms with E-state index in [1.54, 1.807) is 56.6 Å². The number of rotatable bonds is 10. The van der Waals surface area contributed by atoms with Crippen LogP contribution in [-0.4, -0.2) is 87.6 Å². The number of carbonyl (C=O) groups excluding carboxylic acids is 4. The van der Waals surface area contributed by atoms with Crippen molar-refractivity contribution in [3.05, 3.63) is 89.5 Å². The molecule has 1 unspecified atom stereocenters. The molecule has 1 atom stereocenters. The van der Waals surface area contributed by atoms with Crippen molar-refractivity contribution >= 4 is 46.5 Å². The minimum atomic E-state index is -0.712. The maximum Gasteiger partial charge on any atom is 0.337 e. The van der Waals surface area contributed by atoms with Gasteiger partial charge in [-0.25, -0.2) is 4.79 Å². The number of likely N-dealkylation sites (N-methyl/N-ethyl adjacent to an activating group) is 1. The number of carbonyl (C=O) groups is 4. The summed E-state index contributed by atoms with van der Waals surface area (Å²) in [6.07, 6.45) is 0.264. The van der Waals surface area contributed by atoms with Gasteiger partial charge in [-0.05, 0) is 61.6 Å². The van der Waals surface area contributed by atoms with Gasteiger partial charge in [0.25, 0.3) is 0 Å². The quantitative estimate of drug-likeness (QED) is 0.294. The zero-order chi connectivity index (χ0) is 30.4. The van der Waals surface area contributed by atoms with Gasteiger partial charge in [0.2, 0.25) is 17.7 Å². The first kappa shape index (κ1) is 30.1. The maximum atomic E-state index is 13.3. The Labute approximate surface area is 245 Å². The molecule has 1 aliphatic heterocycles. The van der Waals surface area contributed by atoms with Gasteiger partial charge in [-0.3, -0.25) is 19.4 Å². The van der Waals surface area contributed by atoms with Gasteiger partial charge in [-0.15, -0.1) is 0 Å². The Morgan fingerprint density at radius 2 is 1.57 bits per heavy atom. The van der Waals surface area contributed by atoms with Gasteiger partial charge in [0.1, 0.15) is 12.5 Å². The van der Waals surface area contributed by atoms with E-state index in [0.29, 0.717) is 40.4 Å². The number of fused-ring (bicyclic) bond motifs is 1. The first-order valence-electron chi connectivity index (χ1n) is 13.5. The third-order valence-electron chi connectivity index (χ3n) is 6.93. The number of nitrogens with zero attached hydrogens (tertiary/aromatic N) is 4. The highest BCUT2D eigenvalue weighted by Crippen LogP contribution is 2.37. The molecule has 3 aromatic rings. The Hall–Kier alpha value is -4.83. The fourth-order valence-electron chi connectivity index (χ4n) is 4.58. The molecular formula is C32H35N5O5. The lowest BCUT2D eigenvalue weighted by Gasteiger charge is -2.25. The number of amides is 3. The van der Waals surface area contributed by atoms with Crippen molar-refractivity contribution in [1.82, 2.24) is 9.80 Å². The van der Waals surface area contributed by atoms with Crippen LogP contribution in [0.5, 0.6) is 0 Å². The van der Waals surface area contributed by atoms with E-state index < -0.39 is 11.9 Å². The molecule has 218 valence electrons. The molecule has 0 bridgehead atoms. The summed E-state index contributed by atoms with van der Waals surface area (Å²) in [6.45, 7) is 0.476. The number of hydrogen-bond donors (Lipinski definition) is 1. The summed E-state index contributed by atoms with van der Waals surface area (Å²) in [5.74, 6) is -1.82. The van der Waals surface area contributed by atoms with E-state index in [1.165, 1.54) is 16.9 Å². The number of aliphatic imine (C=N–C) groups is 1. The Balaban J connectivity index is 1.71. The minimum Gasteiger partial charge on any atom is -0.465 e. The van der Waals surface area contributed by atoms with Gasteiger partial charge in [0, 0.05) is 38.4 Å². The molecule has 42 heavy (non-hydrogen) atoms. The third-order valence-corrected chi connectivity index (χ3v) is 6.93. The average molecular weight is 570 g/mol. The number of esters is 1. The van der Waals surface area contributed by atoms with Crippen LogP contribution in [-0.2, 0) is 19.1 Å². The van der Waals surface area contributed by atoms with Crippen molar-refractivity contribution < 1.29 is 23.9 Å². The second-order valence-corrected chi connectivity index (χ2v) is 10.4. The highest BCUT2D eigenvalue weighted by molar-refractivity contribution is 6.24. The van der Waals surface area contributed by atoms with Gasteiger partial charge >= 0.3 is 5.97 Å². The van der Waals surface area contributed by atoms with E-state index in [-0.39, 0.29) is 30.7 Å². The molecule has 10 heteroatoms. The van der Waals surface area contributed by atoms with Crippen molar-refractivity contribution in [2.24, 2.45) is 4.99 Å². The molecule has 4 rings (SSSR count). The fraction of sp³-hybridized carbons (Fsp3) is 0.281. The van der Waals surface area contributed by atoms with Gasteiger partial charge in [-0.1, -0.05) is 36.4 Å². The minimum absolute atomic E-state index is 0.0796. The van der Waals surface area contributed by atoms with E-state index in [2.05, 4.69) is 5.32 Å². The summed E-state index contributed by atoms with van der Waals surface area (Å²) in [7, 11) is 8.39. The molecule has 1 N–H and O–H groups in total. The molecule has 0 saturated heterocycles. The number of anilines is 2. The largest absolute Gasteiger partial charge is 0.465 e. The summed E-state index contributed by atoms with van der Waals surface area (Å²) in [5, 5.41) is 2.88. The molecule has 1 heterocycles. The van der Waals surface area contributed by atoms with Crippen LogP contribution in [0.3, 0.4) is 0 Å². The Morgan fingerprint density at radius 3 is 2.19 bits per heavy atom. The topological polar surface area (TPSA) is 112 Å². The first-order valence-corrected chi connectivity index (χ1v) is 13.5. The molecule has 0 aliphatic carbocycles. The van der Waals surface area contributed by atoms with E-state index in [4.69, 9.17) is 9.73 Å². The molecule has 1 aliphatic rings. The van der Waals surface area contributed by atoms with Crippen molar-refractivity contribution in [3.8, 4) is 0 Å². The normalized spacial score (nSPS) is 14.3. The lowest BCUT2D eigenvalue weighted by Crippen LogP contribution is -2.41. The summed E-state index contributed by atoms with van der Waals surface area (Å²) in [6, 6.07) is 21.4. The summed E-state index contributed by atoms with van der Waals surface area (Å²) in [4.78, 5) is 60.7. The van der Waals surface area contributed by atoms with Crippen LogP contribution in [0.15, 0.2) is 77.8 Å². The molecule has 0 fully saturated rings. The zero-order valence-electron chi connectivity index (χ0n) is 24.5. The number of nitrogens with one attached hydrogen (secondary N) is 1. The molecule has 0 aromatic heterocycles. The molecular weight excluding hydrogens is 534 g/mol. The molecule has 3 aromatic carbocycles. The van der Waals surface area contributed by atoms with Gasteiger partial charge in [0.15, 0.2) is 0 Å². The molecule has 0 spiro atoms. The number of hydrogen-bond acceptors (Lipinski definition) is 7. The number of benzene rings is 3. The molecule has 0 saturated carbocycles. The van der Waals surface area contributed by atoms with Crippen LogP contribution in [0.2, 0.25) is 0 Å². The molecule has 3 amide bonds. The van der Waals surface area contributed by atoms with Crippen LogP contribution in [0.4, 0.5) is 17.1 Å². The Kier molecular flexibility index (Phi) is 9.49. The lowest BCUT2D eigenvalue weighted by atomic mass is 9.90. The van der Waals surface area contributed by atoms with Gasteiger partial charge < -0.3 is 24.8 Å². The summed E-state index contributed by atoms with van der Waals surface area (Å²) >= 11 is 0. The predicted molar refractivity (Wildman–Crippen MR) is 162 cm³/mol. The fourth-order valence-corrected chi connectivity index (χ4v) is 4.58. The molecule has 10 nitrogen and oxygen atoms in total. The van der Waals surface area contributed by atoms with E-state index in [0.717, 1.165) is 5.56 Å². The van der Waals surface area contributed by atoms with Crippen molar-refractivity contribution in [3.63, 3.8) is 0 Å². The van der Waals surface area contributed by atoms with E-state index >= 15 is 0 Å². The van der Waals surface area contributed by atoms with E-state index in [1.807, 2.05) is 49.3 Å². The van der Waals surface area contributed by atoms with Crippen LogP contribution < -0.4 is 10.2 Å². The highest BCUT2D eigenvalue weighted by atomic mass is 16.5. The predicted octanol–water partition coefficient (Wildman–Crippen LogP) is 3.70. The van der Waals surface area contributed by atoms with Crippen molar-refractivity contribution in [2.45, 2.75) is 12.3 Å². The zero-order valence-corrected chi connectivity index (χ0v) is 24.5. The van der Waals surface area contributed by atoms with Crippen LogP contribution >= 0.6 is 0 Å². The average Bonchev–Trinajstić information content (AvgIpc) is 3.32. The second kappa shape index (κ2) is 13.2. The smallest absolute Gasteiger partial charge is 0.337 e. The lowest BCUT2D eigenvalue weighted by molar-refractivity contribution is -0.129. The standard InChI is InChI=1S/C32H35N5O5/c1-35(2)18-17-27(38)37(20-28(39)36(3)4)24-14-12-23(13-15-24)33-30(21-9-7-6-8-10-21)29-25-16-11-22(32(41)42-5)19-26(25)34-31(29)40/h6-16,19,29H,17-18,20H2,1-5H3,(H,34,40). The van der Waals surface area contributed by atoms with Gasteiger partial charge in [-0.2, -0.15) is 0 Å². The van der Waals surface area contributed by atoms with Crippen LogP contribution in [0, 0.1) is 0 Å². The van der Waals surface area contributed by atoms with Gasteiger partial charge in [0.05, 0.1) is 24.1 Å². The summed E-state index contributed by atoms with van der Waals surface area (Å²) in [5.41, 5.74) is 4.02. The Morgan fingerprint density at radius 1 is 0.881 bits per heavy atom. The SMILES string of the molecule is COC(=O)c1ccc2c(c1)NC(=O)C2C(=Nc1ccc(N(CC(=O)N(C)C)C(=O)CCN(C)C)cc1)c1ccccc1. The van der Waals surface area contributed by atoms with Crippen molar-refractivity contribution in [1.29, 1.82) is 0 Å². The van der Waals surface area contributed by atoms with Crippen LogP contribution in [0.1, 0.15) is 33.8 Å². The monoisotopic (exact) mass is 569 g/mol. The Bertz CT molecular complexity index is 1500. The van der Waals surface area contributed by atoms with Crippen molar-refractivity contribution in [2.75, 3.05) is 58.6 Å². The first-order chi connectivity index (χ1) is 20.1. The maximum absolute atomic E-state index is 13.3. The second-order valence-electron chi connectivity index (χ2n) is 10.4. The van der Waals surface area contributed by atoms with E-state index in [9.17, 15) is 19.2 Å². The third kappa shape index (κ3) is 6.90. The number of methoxy groups -OCH3 is 1. The summed E-state index contributed by atoms with van der Waals surface area (Å²) < 4.78 is 4.82.